The van der Waals surface area contributed by atoms with Gasteiger partial charge in [0, 0.05) is 0 Å². The molecule has 2 heterocycles. The lowest BCUT2D eigenvalue weighted by Gasteiger charge is -2.23. The van der Waals surface area contributed by atoms with Crippen molar-refractivity contribution in [2.45, 2.75) is 12.5 Å². The number of aromatic nitrogens is 4. The minimum absolute atomic E-state index is 0.222. The second kappa shape index (κ2) is 6.16. The van der Waals surface area contributed by atoms with Crippen LogP contribution in [0.4, 0.5) is 4.79 Å². The van der Waals surface area contributed by atoms with Gasteiger partial charge in [0.2, 0.25) is 5.91 Å². The van der Waals surface area contributed by atoms with Crippen LogP contribution in [-0.4, -0.2) is 32.1 Å². The summed E-state index contributed by atoms with van der Waals surface area (Å²) in [5.41, 5.74) is 3.70. The lowest BCUT2D eigenvalue weighted by atomic mass is 9.97. The van der Waals surface area contributed by atoms with Gasteiger partial charge in [0.15, 0.2) is 0 Å². The Hall–Kier alpha value is -3.55. The van der Waals surface area contributed by atoms with Gasteiger partial charge < -0.3 is 5.32 Å². The third-order valence-corrected chi connectivity index (χ3v) is 4.03. The summed E-state index contributed by atoms with van der Waals surface area (Å²) < 4.78 is 1.58. The minimum atomic E-state index is -0.465. The van der Waals surface area contributed by atoms with E-state index in [4.69, 9.17) is 0 Å². The van der Waals surface area contributed by atoms with E-state index < -0.39 is 6.03 Å². The van der Waals surface area contributed by atoms with Gasteiger partial charge in [0.25, 0.3) is 0 Å². The van der Waals surface area contributed by atoms with Crippen molar-refractivity contribution in [3.8, 4) is 16.8 Å². The average Bonchev–Trinajstić information content (AvgIpc) is 3.16. The lowest BCUT2D eigenvalue weighted by Crippen LogP contribution is -2.48. The number of urea groups is 1. The standard InChI is InChI=1S/C17H14N6O2/c24-16-9-15(19-17(25)20-16)13-5-1-3-11(7-13)12-4-2-6-14(8-12)23-10-18-21-22-23/h1-8,10,15H,9H2,(H2,19,20,24,25). The van der Waals surface area contributed by atoms with Gasteiger partial charge in [0.1, 0.15) is 6.33 Å². The zero-order chi connectivity index (χ0) is 17.2. The highest BCUT2D eigenvalue weighted by atomic mass is 16.2. The number of hydrogen-bond acceptors (Lipinski definition) is 5. The molecule has 0 aliphatic carbocycles. The maximum atomic E-state index is 11.6. The zero-order valence-electron chi connectivity index (χ0n) is 13.1. The molecule has 0 bridgehead atoms. The number of imide groups is 1. The maximum Gasteiger partial charge on any atom is 0.321 e. The fraction of sp³-hybridized carbons (Fsp3) is 0.118. The molecule has 2 N–H and O–H groups in total. The number of carbonyl (C=O) groups is 2. The first-order chi connectivity index (χ1) is 12.2. The summed E-state index contributed by atoms with van der Waals surface area (Å²) in [7, 11) is 0. The number of hydrogen-bond donors (Lipinski definition) is 2. The van der Waals surface area contributed by atoms with Crippen molar-refractivity contribution in [1.29, 1.82) is 0 Å². The van der Waals surface area contributed by atoms with Crippen LogP contribution in [0.25, 0.3) is 16.8 Å². The van der Waals surface area contributed by atoms with Crippen LogP contribution in [0.1, 0.15) is 18.0 Å². The van der Waals surface area contributed by atoms with Crippen LogP contribution in [0.5, 0.6) is 0 Å². The topological polar surface area (TPSA) is 102 Å². The Labute approximate surface area is 142 Å². The number of nitrogens with zero attached hydrogens (tertiary/aromatic N) is 4. The minimum Gasteiger partial charge on any atom is -0.330 e. The van der Waals surface area contributed by atoms with E-state index in [9.17, 15) is 9.59 Å². The number of amides is 3. The normalized spacial score (nSPS) is 17.0. The van der Waals surface area contributed by atoms with Gasteiger partial charge in [-0.05, 0) is 45.3 Å². The fourth-order valence-electron chi connectivity index (χ4n) is 2.85. The highest BCUT2D eigenvalue weighted by Crippen LogP contribution is 2.27. The molecule has 4 rings (SSSR count). The molecule has 1 aliphatic heterocycles. The molecule has 1 unspecified atom stereocenters. The van der Waals surface area contributed by atoms with Crippen molar-refractivity contribution in [1.82, 2.24) is 30.8 Å². The largest absolute Gasteiger partial charge is 0.330 e. The van der Waals surface area contributed by atoms with Crippen LogP contribution in [0, 0.1) is 0 Å². The molecule has 1 atom stereocenters. The van der Waals surface area contributed by atoms with Gasteiger partial charge in [-0.1, -0.05) is 30.3 Å². The third kappa shape index (κ3) is 3.09. The summed E-state index contributed by atoms with van der Waals surface area (Å²) in [6.45, 7) is 0. The Bertz CT molecular complexity index is 922. The van der Waals surface area contributed by atoms with Crippen LogP contribution >= 0.6 is 0 Å². The summed E-state index contributed by atoms with van der Waals surface area (Å²) in [6.07, 6.45) is 1.76. The summed E-state index contributed by atoms with van der Waals surface area (Å²) in [5.74, 6) is -0.278. The fourth-order valence-corrected chi connectivity index (χ4v) is 2.85. The number of rotatable bonds is 3. The molecule has 8 nitrogen and oxygen atoms in total. The predicted molar refractivity (Wildman–Crippen MR) is 88.6 cm³/mol. The van der Waals surface area contributed by atoms with Crippen molar-refractivity contribution < 1.29 is 9.59 Å². The van der Waals surface area contributed by atoms with Crippen molar-refractivity contribution in [3.05, 3.63) is 60.4 Å². The molecule has 1 aromatic heterocycles. The van der Waals surface area contributed by atoms with Crippen LogP contribution in [-0.2, 0) is 4.79 Å². The van der Waals surface area contributed by atoms with Gasteiger partial charge in [-0.2, -0.15) is 0 Å². The number of tetrazole rings is 1. The molecule has 1 aliphatic rings. The van der Waals surface area contributed by atoms with Crippen LogP contribution in [0.15, 0.2) is 54.9 Å². The Morgan fingerprint density at radius 3 is 2.60 bits per heavy atom. The van der Waals surface area contributed by atoms with E-state index in [1.807, 2.05) is 48.5 Å². The Morgan fingerprint density at radius 2 is 1.84 bits per heavy atom. The number of carbonyl (C=O) groups excluding carboxylic acids is 2. The van der Waals surface area contributed by atoms with E-state index in [-0.39, 0.29) is 18.4 Å². The van der Waals surface area contributed by atoms with E-state index in [0.29, 0.717) is 0 Å². The van der Waals surface area contributed by atoms with E-state index >= 15 is 0 Å². The molecule has 25 heavy (non-hydrogen) atoms. The monoisotopic (exact) mass is 334 g/mol. The highest BCUT2D eigenvalue weighted by molar-refractivity contribution is 5.97. The first-order valence-electron chi connectivity index (χ1n) is 7.73. The van der Waals surface area contributed by atoms with Gasteiger partial charge in [0.05, 0.1) is 18.2 Å². The Kier molecular flexibility index (Phi) is 3.70. The molecule has 1 fully saturated rings. The zero-order valence-corrected chi connectivity index (χ0v) is 13.1. The molecule has 3 amide bonds. The third-order valence-electron chi connectivity index (χ3n) is 4.03. The summed E-state index contributed by atoms with van der Waals surface area (Å²) in [4.78, 5) is 23.1. The van der Waals surface area contributed by atoms with Crippen LogP contribution in [0.2, 0.25) is 0 Å². The first-order valence-corrected chi connectivity index (χ1v) is 7.73. The van der Waals surface area contributed by atoms with Crippen LogP contribution < -0.4 is 10.6 Å². The molecule has 2 aromatic carbocycles. The molecule has 1 saturated heterocycles. The second-order valence-electron chi connectivity index (χ2n) is 5.71. The molecule has 124 valence electrons. The van der Waals surface area contributed by atoms with Crippen molar-refractivity contribution in [3.63, 3.8) is 0 Å². The molecule has 0 spiro atoms. The molecular formula is C17H14N6O2. The van der Waals surface area contributed by atoms with E-state index in [1.165, 1.54) is 6.33 Å². The van der Waals surface area contributed by atoms with E-state index in [1.54, 1.807) is 4.68 Å². The summed E-state index contributed by atoms with van der Waals surface area (Å²) in [5, 5.41) is 16.2. The molecule has 0 radical (unpaired) electrons. The van der Waals surface area contributed by atoms with Crippen molar-refractivity contribution in [2.75, 3.05) is 0 Å². The van der Waals surface area contributed by atoms with Crippen LogP contribution in [0.3, 0.4) is 0 Å². The van der Waals surface area contributed by atoms with Gasteiger partial charge in [-0.3, -0.25) is 10.1 Å². The molecule has 3 aromatic rings. The molecular weight excluding hydrogens is 320 g/mol. The first kappa shape index (κ1) is 15.0. The van der Waals surface area contributed by atoms with E-state index in [0.717, 1.165) is 22.4 Å². The highest BCUT2D eigenvalue weighted by Gasteiger charge is 2.25. The Morgan fingerprint density at radius 1 is 1.04 bits per heavy atom. The summed E-state index contributed by atoms with van der Waals surface area (Å²) in [6, 6.07) is 14.8. The van der Waals surface area contributed by atoms with Gasteiger partial charge >= 0.3 is 6.03 Å². The van der Waals surface area contributed by atoms with Gasteiger partial charge in [-0.25, -0.2) is 9.48 Å². The summed E-state index contributed by atoms with van der Waals surface area (Å²) >= 11 is 0. The van der Waals surface area contributed by atoms with Gasteiger partial charge in [-0.15, -0.1) is 5.10 Å². The molecule has 0 saturated carbocycles. The van der Waals surface area contributed by atoms with Crippen molar-refractivity contribution >= 4 is 11.9 Å². The number of benzene rings is 2. The second-order valence-corrected chi connectivity index (χ2v) is 5.71. The average molecular weight is 334 g/mol. The van der Waals surface area contributed by atoms with Crippen molar-refractivity contribution in [2.24, 2.45) is 0 Å². The van der Waals surface area contributed by atoms with E-state index in [2.05, 4.69) is 26.2 Å². The maximum absolute atomic E-state index is 11.6. The number of nitrogens with one attached hydrogen (secondary N) is 2. The Balaban J connectivity index is 1.67. The predicted octanol–water partition coefficient (Wildman–Crippen LogP) is 1.60. The smallest absolute Gasteiger partial charge is 0.321 e. The lowest BCUT2D eigenvalue weighted by molar-refractivity contribution is -0.121. The SMILES string of the molecule is O=C1CC(c2cccc(-c3cccc(-n4cnnn4)c3)c2)NC(=O)N1. The quantitative estimate of drug-likeness (QED) is 0.757. The molecule has 8 heteroatoms.